The Morgan fingerprint density at radius 1 is 1.05 bits per heavy atom. The first kappa shape index (κ1) is 15.2. The van der Waals surface area contributed by atoms with Gasteiger partial charge in [-0.05, 0) is 18.2 Å². The Bertz CT molecular complexity index is 674. The summed E-state index contributed by atoms with van der Waals surface area (Å²) < 4.78 is 14.1. The molecule has 1 amide bonds. The number of rotatable bonds is 4. The summed E-state index contributed by atoms with van der Waals surface area (Å²) >= 11 is 0. The molecule has 8 nitrogen and oxygen atoms in total. The van der Waals surface area contributed by atoms with E-state index in [1.807, 2.05) is 0 Å². The molecule has 0 aliphatic carbocycles. The fraction of sp³-hybridized carbons (Fsp3) is 0.143. The lowest BCUT2D eigenvalue weighted by atomic mass is 10.1. The number of carbonyl (C=O) groups excluding carboxylic acids is 3. The van der Waals surface area contributed by atoms with Gasteiger partial charge in [-0.3, -0.25) is 4.79 Å². The van der Waals surface area contributed by atoms with Gasteiger partial charge >= 0.3 is 11.9 Å². The minimum atomic E-state index is -0.652. The Kier molecular flexibility index (Phi) is 4.52. The van der Waals surface area contributed by atoms with Crippen molar-refractivity contribution in [2.45, 2.75) is 0 Å². The molecule has 1 N–H and O–H groups in total. The van der Waals surface area contributed by atoms with Crippen LogP contribution in [0, 0.1) is 0 Å². The van der Waals surface area contributed by atoms with Crippen molar-refractivity contribution >= 4 is 23.5 Å². The lowest BCUT2D eigenvalue weighted by Gasteiger charge is -2.08. The molecule has 114 valence electrons. The molecule has 0 bridgehead atoms. The Morgan fingerprint density at radius 3 is 2.09 bits per heavy atom. The zero-order valence-electron chi connectivity index (χ0n) is 11.8. The second kappa shape index (κ2) is 6.53. The topological polar surface area (TPSA) is 108 Å². The van der Waals surface area contributed by atoms with Gasteiger partial charge in [0.05, 0.1) is 31.5 Å². The standard InChI is InChI=1S/C14H12N2O6/c1-20-13(18)8-3-9(14(19)21-2)5-10(4-8)16-12(17)11-6-15-7-22-11/h3-7H,1-2H3,(H,16,17). The molecule has 2 aromatic rings. The summed E-state index contributed by atoms with van der Waals surface area (Å²) in [5, 5.41) is 2.49. The van der Waals surface area contributed by atoms with Crippen molar-refractivity contribution in [2.24, 2.45) is 0 Å². The molecule has 1 aromatic carbocycles. The number of oxazole rings is 1. The lowest BCUT2D eigenvalue weighted by Crippen LogP contribution is -2.13. The molecule has 22 heavy (non-hydrogen) atoms. The van der Waals surface area contributed by atoms with Gasteiger partial charge < -0.3 is 19.2 Å². The van der Waals surface area contributed by atoms with Gasteiger partial charge in [0.1, 0.15) is 0 Å². The summed E-state index contributed by atoms with van der Waals surface area (Å²) in [6.07, 6.45) is 2.35. The van der Waals surface area contributed by atoms with Crippen LogP contribution in [0.1, 0.15) is 31.3 Å². The smallest absolute Gasteiger partial charge is 0.337 e. The van der Waals surface area contributed by atoms with Crippen molar-refractivity contribution in [1.29, 1.82) is 0 Å². The fourth-order valence-electron chi connectivity index (χ4n) is 1.69. The Morgan fingerprint density at radius 2 is 1.64 bits per heavy atom. The van der Waals surface area contributed by atoms with E-state index in [4.69, 9.17) is 4.42 Å². The minimum absolute atomic E-state index is 0.0110. The summed E-state index contributed by atoms with van der Waals surface area (Å²) in [4.78, 5) is 38.8. The number of benzene rings is 1. The number of hydrogen-bond acceptors (Lipinski definition) is 7. The zero-order valence-corrected chi connectivity index (χ0v) is 11.8. The summed E-state index contributed by atoms with van der Waals surface area (Å²) in [6.45, 7) is 0. The highest BCUT2D eigenvalue weighted by Crippen LogP contribution is 2.18. The van der Waals surface area contributed by atoms with E-state index in [2.05, 4.69) is 19.8 Å². The number of nitrogens with zero attached hydrogens (tertiary/aromatic N) is 1. The predicted molar refractivity (Wildman–Crippen MR) is 73.6 cm³/mol. The fourth-order valence-corrected chi connectivity index (χ4v) is 1.69. The number of anilines is 1. The van der Waals surface area contributed by atoms with Crippen molar-refractivity contribution in [3.8, 4) is 0 Å². The first-order valence-electron chi connectivity index (χ1n) is 6.06. The second-order valence-electron chi connectivity index (χ2n) is 4.10. The van der Waals surface area contributed by atoms with Gasteiger partial charge in [0.15, 0.2) is 6.39 Å². The summed E-state index contributed by atoms with van der Waals surface area (Å²) in [6, 6.07) is 4.04. The van der Waals surface area contributed by atoms with Crippen LogP contribution < -0.4 is 5.32 Å². The van der Waals surface area contributed by atoms with Crippen LogP contribution in [0.25, 0.3) is 0 Å². The number of hydrogen-bond donors (Lipinski definition) is 1. The minimum Gasteiger partial charge on any atom is -0.465 e. The van der Waals surface area contributed by atoms with Gasteiger partial charge in [-0.1, -0.05) is 0 Å². The van der Waals surface area contributed by atoms with E-state index in [1.54, 1.807) is 0 Å². The molecular formula is C14H12N2O6. The number of carbonyl (C=O) groups is 3. The molecule has 0 unspecified atom stereocenters. The van der Waals surface area contributed by atoms with Gasteiger partial charge in [0, 0.05) is 5.69 Å². The van der Waals surface area contributed by atoms with Crippen LogP contribution >= 0.6 is 0 Å². The van der Waals surface area contributed by atoms with Crippen LogP contribution in [-0.2, 0) is 9.47 Å². The van der Waals surface area contributed by atoms with E-state index in [9.17, 15) is 14.4 Å². The number of nitrogens with one attached hydrogen (secondary N) is 1. The van der Waals surface area contributed by atoms with Gasteiger partial charge in [0.25, 0.3) is 5.91 Å². The van der Waals surface area contributed by atoms with E-state index in [-0.39, 0.29) is 22.6 Å². The molecule has 8 heteroatoms. The molecular weight excluding hydrogens is 292 g/mol. The number of esters is 2. The zero-order chi connectivity index (χ0) is 16.1. The summed E-state index contributed by atoms with van der Waals surface area (Å²) in [5.41, 5.74) is 0.404. The molecule has 0 spiro atoms. The second-order valence-corrected chi connectivity index (χ2v) is 4.10. The normalized spacial score (nSPS) is 9.91. The summed E-state index contributed by atoms with van der Waals surface area (Å²) in [5.74, 6) is -1.89. The third-order valence-corrected chi connectivity index (χ3v) is 2.69. The first-order valence-corrected chi connectivity index (χ1v) is 6.06. The Balaban J connectivity index is 2.35. The van der Waals surface area contributed by atoms with Gasteiger partial charge in [-0.2, -0.15) is 0 Å². The molecule has 0 aliphatic heterocycles. The third-order valence-electron chi connectivity index (χ3n) is 2.69. The number of ether oxygens (including phenoxy) is 2. The van der Waals surface area contributed by atoms with Gasteiger partial charge in [0.2, 0.25) is 5.76 Å². The van der Waals surface area contributed by atoms with E-state index in [1.165, 1.54) is 38.6 Å². The van der Waals surface area contributed by atoms with Gasteiger partial charge in [-0.15, -0.1) is 0 Å². The molecule has 0 fully saturated rings. The molecule has 1 aromatic heterocycles. The molecule has 1 heterocycles. The summed E-state index contributed by atoms with van der Waals surface area (Å²) in [7, 11) is 2.42. The molecule has 0 aliphatic rings. The molecule has 0 saturated heterocycles. The number of methoxy groups -OCH3 is 2. The third kappa shape index (κ3) is 3.29. The highest BCUT2D eigenvalue weighted by molar-refractivity contribution is 6.04. The maximum Gasteiger partial charge on any atom is 0.337 e. The van der Waals surface area contributed by atoms with Crippen molar-refractivity contribution in [3.05, 3.63) is 47.7 Å². The van der Waals surface area contributed by atoms with Crippen molar-refractivity contribution < 1.29 is 28.3 Å². The van der Waals surface area contributed by atoms with E-state index >= 15 is 0 Å². The maximum absolute atomic E-state index is 11.9. The molecule has 0 radical (unpaired) electrons. The Hall–Kier alpha value is -3.16. The molecule has 0 saturated carbocycles. The number of aromatic nitrogens is 1. The highest BCUT2D eigenvalue weighted by Gasteiger charge is 2.16. The van der Waals surface area contributed by atoms with Crippen molar-refractivity contribution in [1.82, 2.24) is 4.98 Å². The van der Waals surface area contributed by atoms with E-state index < -0.39 is 17.8 Å². The van der Waals surface area contributed by atoms with Crippen LogP contribution in [0.2, 0.25) is 0 Å². The van der Waals surface area contributed by atoms with Crippen LogP contribution in [-0.4, -0.2) is 37.0 Å². The SMILES string of the molecule is COC(=O)c1cc(NC(=O)c2cnco2)cc(C(=O)OC)c1. The number of amides is 1. The van der Waals surface area contributed by atoms with Gasteiger partial charge in [-0.25, -0.2) is 14.6 Å². The Labute approximate surface area is 125 Å². The van der Waals surface area contributed by atoms with Crippen LogP contribution in [0.4, 0.5) is 5.69 Å². The van der Waals surface area contributed by atoms with Crippen LogP contribution in [0.3, 0.4) is 0 Å². The lowest BCUT2D eigenvalue weighted by molar-refractivity contribution is 0.0599. The maximum atomic E-state index is 11.9. The predicted octanol–water partition coefficient (Wildman–Crippen LogP) is 1.50. The highest BCUT2D eigenvalue weighted by atomic mass is 16.5. The van der Waals surface area contributed by atoms with Crippen LogP contribution in [0.15, 0.2) is 35.2 Å². The molecule has 0 atom stereocenters. The average molecular weight is 304 g/mol. The van der Waals surface area contributed by atoms with Crippen molar-refractivity contribution in [2.75, 3.05) is 19.5 Å². The van der Waals surface area contributed by atoms with Crippen molar-refractivity contribution in [3.63, 3.8) is 0 Å². The first-order chi connectivity index (χ1) is 10.5. The average Bonchev–Trinajstić information content (AvgIpc) is 3.07. The largest absolute Gasteiger partial charge is 0.465 e. The van der Waals surface area contributed by atoms with E-state index in [0.717, 1.165) is 6.39 Å². The van der Waals surface area contributed by atoms with E-state index in [0.29, 0.717) is 0 Å². The monoisotopic (exact) mass is 304 g/mol. The van der Waals surface area contributed by atoms with Crippen LogP contribution in [0.5, 0.6) is 0 Å². The molecule has 2 rings (SSSR count). The quantitative estimate of drug-likeness (QED) is 0.853.